The first-order valence-corrected chi connectivity index (χ1v) is 5.60. The molecule has 15 heavy (non-hydrogen) atoms. The van der Waals surface area contributed by atoms with Crippen molar-refractivity contribution in [2.75, 3.05) is 0 Å². The molecule has 77 valence electrons. The standard InChI is InChI=1S/C12H8Cl3/c13-12(14,15)8-10-6-3-5-9-4-1-2-7-11(9)10/h1-8H. The second-order valence-corrected chi connectivity index (χ2v) is 5.62. The summed E-state index contributed by atoms with van der Waals surface area (Å²) in [6.07, 6.45) is 1.62. The highest BCUT2D eigenvalue weighted by molar-refractivity contribution is 6.68. The Balaban J connectivity index is 2.52. The topological polar surface area (TPSA) is 0 Å². The maximum atomic E-state index is 5.74. The van der Waals surface area contributed by atoms with Crippen molar-refractivity contribution in [1.29, 1.82) is 0 Å². The van der Waals surface area contributed by atoms with Gasteiger partial charge in [-0.25, -0.2) is 0 Å². The molecule has 0 saturated carbocycles. The summed E-state index contributed by atoms with van der Waals surface area (Å²) in [5.41, 5.74) is 0.938. The number of rotatable bonds is 1. The van der Waals surface area contributed by atoms with Crippen LogP contribution in [0.1, 0.15) is 5.56 Å². The maximum absolute atomic E-state index is 5.74. The Bertz CT molecular complexity index is 466. The maximum Gasteiger partial charge on any atom is 0.198 e. The Morgan fingerprint density at radius 2 is 1.53 bits per heavy atom. The van der Waals surface area contributed by atoms with Crippen molar-refractivity contribution >= 4 is 45.6 Å². The fourth-order valence-corrected chi connectivity index (χ4v) is 1.91. The fraction of sp³-hybridized carbons (Fsp3) is 0.0833. The van der Waals surface area contributed by atoms with E-state index in [2.05, 4.69) is 0 Å². The van der Waals surface area contributed by atoms with Gasteiger partial charge in [0.15, 0.2) is 3.79 Å². The number of hydrogen-bond acceptors (Lipinski definition) is 0. The molecular formula is C12H8Cl3. The summed E-state index contributed by atoms with van der Waals surface area (Å²) in [6.45, 7) is 0. The van der Waals surface area contributed by atoms with E-state index in [1.54, 1.807) is 6.42 Å². The summed E-state index contributed by atoms with van der Waals surface area (Å²) < 4.78 is -1.36. The van der Waals surface area contributed by atoms with Crippen molar-refractivity contribution in [3.63, 3.8) is 0 Å². The van der Waals surface area contributed by atoms with Gasteiger partial charge in [-0.2, -0.15) is 0 Å². The molecule has 0 aromatic heterocycles. The normalized spacial score (nSPS) is 11.9. The van der Waals surface area contributed by atoms with Gasteiger partial charge in [-0.3, -0.25) is 0 Å². The predicted molar refractivity (Wildman–Crippen MR) is 67.6 cm³/mol. The Morgan fingerprint density at radius 3 is 2.27 bits per heavy atom. The van der Waals surface area contributed by atoms with Crippen molar-refractivity contribution in [3.8, 4) is 0 Å². The Kier molecular flexibility index (Phi) is 3.11. The lowest BCUT2D eigenvalue weighted by Crippen LogP contribution is -2.03. The molecule has 0 aliphatic carbocycles. The van der Waals surface area contributed by atoms with E-state index in [0.29, 0.717) is 0 Å². The molecule has 1 radical (unpaired) electrons. The van der Waals surface area contributed by atoms with Crippen LogP contribution in [0.15, 0.2) is 42.5 Å². The van der Waals surface area contributed by atoms with Crippen molar-refractivity contribution in [2.45, 2.75) is 3.79 Å². The van der Waals surface area contributed by atoms with Crippen LogP contribution in [0.3, 0.4) is 0 Å². The highest BCUT2D eigenvalue weighted by Crippen LogP contribution is 2.34. The third kappa shape index (κ3) is 2.78. The molecule has 2 aromatic carbocycles. The number of hydrogen-bond donors (Lipinski definition) is 0. The molecule has 0 aliphatic heterocycles. The zero-order chi connectivity index (χ0) is 10.9. The molecule has 3 heteroatoms. The fourth-order valence-electron chi connectivity index (χ4n) is 1.55. The number of fused-ring (bicyclic) bond motifs is 1. The van der Waals surface area contributed by atoms with Crippen LogP contribution >= 0.6 is 34.8 Å². The largest absolute Gasteiger partial charge is 0.198 e. The van der Waals surface area contributed by atoms with Gasteiger partial charge in [0.05, 0.1) is 0 Å². The van der Waals surface area contributed by atoms with Crippen LogP contribution in [-0.2, 0) is 0 Å². The minimum Gasteiger partial charge on any atom is -0.0830 e. The van der Waals surface area contributed by atoms with E-state index < -0.39 is 3.79 Å². The summed E-state index contributed by atoms with van der Waals surface area (Å²) in [7, 11) is 0. The molecular weight excluding hydrogens is 250 g/mol. The quantitative estimate of drug-likeness (QED) is 0.647. The first-order valence-electron chi connectivity index (χ1n) is 4.47. The molecule has 0 aliphatic rings. The molecule has 0 nitrogen and oxygen atoms in total. The first-order chi connectivity index (χ1) is 7.06. The average Bonchev–Trinajstić information content (AvgIpc) is 2.16. The number of benzene rings is 2. The van der Waals surface area contributed by atoms with E-state index >= 15 is 0 Å². The lowest BCUT2D eigenvalue weighted by molar-refractivity contribution is 1.30. The highest BCUT2D eigenvalue weighted by Gasteiger charge is 2.21. The third-order valence-electron chi connectivity index (χ3n) is 2.14. The van der Waals surface area contributed by atoms with Gasteiger partial charge in [-0.15, -0.1) is 0 Å². The first kappa shape index (κ1) is 11.1. The number of alkyl halides is 3. The average molecular weight is 259 g/mol. The van der Waals surface area contributed by atoms with Crippen LogP contribution in [-0.4, -0.2) is 3.79 Å². The summed E-state index contributed by atoms with van der Waals surface area (Å²) in [6, 6.07) is 13.9. The van der Waals surface area contributed by atoms with Gasteiger partial charge >= 0.3 is 0 Å². The van der Waals surface area contributed by atoms with E-state index in [1.165, 1.54) is 0 Å². The molecule has 0 saturated heterocycles. The zero-order valence-corrected chi connectivity index (χ0v) is 10.0. The molecule has 0 spiro atoms. The highest BCUT2D eigenvalue weighted by atomic mass is 35.6. The minimum absolute atomic E-state index is 0.938. The van der Waals surface area contributed by atoms with Crippen LogP contribution in [0.25, 0.3) is 10.8 Å². The predicted octanol–water partition coefficient (Wildman–Crippen LogP) is 4.76. The van der Waals surface area contributed by atoms with Crippen LogP contribution in [0.4, 0.5) is 0 Å². The molecule has 0 unspecified atom stereocenters. The van der Waals surface area contributed by atoms with Gasteiger partial charge in [-0.1, -0.05) is 77.3 Å². The van der Waals surface area contributed by atoms with Gasteiger partial charge in [0.25, 0.3) is 0 Å². The van der Waals surface area contributed by atoms with E-state index in [9.17, 15) is 0 Å². The smallest absolute Gasteiger partial charge is 0.0830 e. The second kappa shape index (κ2) is 4.21. The third-order valence-corrected chi connectivity index (χ3v) is 2.47. The Morgan fingerprint density at radius 1 is 0.867 bits per heavy atom. The lowest BCUT2D eigenvalue weighted by Gasteiger charge is -2.12. The van der Waals surface area contributed by atoms with Crippen LogP contribution < -0.4 is 0 Å². The zero-order valence-electron chi connectivity index (χ0n) is 7.75. The van der Waals surface area contributed by atoms with Crippen molar-refractivity contribution in [1.82, 2.24) is 0 Å². The van der Waals surface area contributed by atoms with Crippen molar-refractivity contribution < 1.29 is 0 Å². The van der Waals surface area contributed by atoms with E-state index in [0.717, 1.165) is 16.3 Å². The summed E-state index contributed by atoms with van der Waals surface area (Å²) in [4.78, 5) is 0. The van der Waals surface area contributed by atoms with E-state index in [-0.39, 0.29) is 0 Å². The van der Waals surface area contributed by atoms with E-state index in [1.807, 2.05) is 42.5 Å². The van der Waals surface area contributed by atoms with E-state index in [4.69, 9.17) is 34.8 Å². The van der Waals surface area contributed by atoms with Gasteiger partial charge < -0.3 is 0 Å². The summed E-state index contributed by atoms with van der Waals surface area (Å²) in [5, 5.41) is 2.23. The minimum atomic E-state index is -1.36. The molecule has 0 N–H and O–H groups in total. The molecule has 0 fully saturated rings. The SMILES string of the molecule is ClC(Cl)(Cl)[CH]c1cccc2ccccc12. The van der Waals surface area contributed by atoms with Gasteiger partial charge in [0.1, 0.15) is 0 Å². The second-order valence-electron chi connectivity index (χ2n) is 3.25. The Hall–Kier alpha value is -0.430. The van der Waals surface area contributed by atoms with Gasteiger partial charge in [0, 0.05) is 6.42 Å². The molecule has 0 bridgehead atoms. The van der Waals surface area contributed by atoms with Crippen molar-refractivity contribution in [2.24, 2.45) is 0 Å². The lowest BCUT2D eigenvalue weighted by atomic mass is 10.0. The Labute approximate surface area is 104 Å². The van der Waals surface area contributed by atoms with Crippen LogP contribution in [0.5, 0.6) is 0 Å². The van der Waals surface area contributed by atoms with Crippen LogP contribution in [0, 0.1) is 6.42 Å². The molecule has 0 amide bonds. The summed E-state index contributed by atoms with van der Waals surface area (Å²) >= 11 is 17.2. The molecule has 2 aromatic rings. The molecule has 0 heterocycles. The van der Waals surface area contributed by atoms with Gasteiger partial charge in [-0.05, 0) is 16.3 Å². The monoisotopic (exact) mass is 257 g/mol. The van der Waals surface area contributed by atoms with Crippen molar-refractivity contribution in [3.05, 3.63) is 54.4 Å². The number of halogens is 3. The van der Waals surface area contributed by atoms with Gasteiger partial charge in [0.2, 0.25) is 0 Å². The summed E-state index contributed by atoms with van der Waals surface area (Å²) in [5.74, 6) is 0. The molecule has 2 rings (SSSR count). The van der Waals surface area contributed by atoms with Crippen LogP contribution in [0.2, 0.25) is 0 Å². The molecule has 0 atom stereocenters.